The molecule has 0 amide bonds. The van der Waals surface area contributed by atoms with Crippen LogP contribution < -0.4 is 0 Å². The number of hydrogen-bond donors (Lipinski definition) is 2. The van der Waals surface area contributed by atoms with Crippen LogP contribution in [0.3, 0.4) is 0 Å². The van der Waals surface area contributed by atoms with Crippen molar-refractivity contribution in [2.45, 2.75) is 11.3 Å². The Hall–Kier alpha value is -1.21. The third kappa shape index (κ3) is 5.42. The van der Waals surface area contributed by atoms with Crippen molar-refractivity contribution in [1.82, 2.24) is 0 Å². The molecule has 1 aromatic heterocycles. The Labute approximate surface area is 110 Å². The molecule has 0 spiro atoms. The quantitative estimate of drug-likeness (QED) is 0.848. The van der Waals surface area contributed by atoms with E-state index >= 15 is 0 Å². The number of rotatable bonds is 3. The molecule has 98 valence electrons. The van der Waals surface area contributed by atoms with Crippen LogP contribution in [0.2, 0.25) is 0 Å². The monoisotopic (exact) mass is 286 g/mol. The van der Waals surface area contributed by atoms with Gasteiger partial charge in [-0.1, -0.05) is 24.3 Å². The van der Waals surface area contributed by atoms with E-state index in [0.717, 1.165) is 6.42 Å². The van der Waals surface area contributed by atoms with Gasteiger partial charge in [0.15, 0.2) is 0 Å². The summed E-state index contributed by atoms with van der Waals surface area (Å²) in [6.07, 6.45) is 0.803. The minimum atomic E-state index is -4.00. The Morgan fingerprint density at radius 2 is 1.72 bits per heavy atom. The Kier molecular flexibility index (Phi) is 6.00. The van der Waals surface area contributed by atoms with Crippen molar-refractivity contribution in [2.75, 3.05) is 6.61 Å². The molecule has 0 saturated heterocycles. The Balaban J connectivity index is 0.000000184. The maximum atomic E-state index is 10.4. The summed E-state index contributed by atoms with van der Waals surface area (Å²) in [5.41, 5.74) is 0. The van der Waals surface area contributed by atoms with Gasteiger partial charge in [-0.05, 0) is 23.6 Å². The van der Waals surface area contributed by atoms with E-state index in [9.17, 15) is 8.42 Å². The van der Waals surface area contributed by atoms with Gasteiger partial charge >= 0.3 is 0 Å². The van der Waals surface area contributed by atoms with Crippen LogP contribution in [0, 0.1) is 0 Å². The molecule has 0 atom stereocenters. The lowest BCUT2D eigenvalue weighted by atomic mass is 10.4. The Morgan fingerprint density at radius 1 is 1.06 bits per heavy atom. The molecule has 0 bridgehead atoms. The Morgan fingerprint density at radius 3 is 2.11 bits per heavy atom. The fraction of sp³-hybridized carbons (Fsp3) is 0.167. The van der Waals surface area contributed by atoms with Crippen molar-refractivity contribution >= 4 is 21.5 Å². The topological polar surface area (TPSA) is 74.6 Å². The first-order valence-electron chi connectivity index (χ1n) is 5.20. The minimum Gasteiger partial charge on any atom is -0.396 e. The molecule has 18 heavy (non-hydrogen) atoms. The summed E-state index contributed by atoms with van der Waals surface area (Å²) in [5, 5.41) is 10.5. The van der Waals surface area contributed by atoms with Gasteiger partial charge in [0.1, 0.15) is 0 Å². The normalized spacial score (nSPS) is 10.6. The molecule has 0 radical (unpaired) electrons. The third-order valence-corrected chi connectivity index (χ3v) is 3.78. The predicted octanol–water partition coefficient (Wildman–Crippen LogP) is 2.22. The van der Waals surface area contributed by atoms with Gasteiger partial charge in [-0.15, -0.1) is 11.3 Å². The number of aliphatic hydroxyl groups excluding tert-OH is 1. The van der Waals surface area contributed by atoms with Crippen molar-refractivity contribution in [3.8, 4) is 0 Å². The van der Waals surface area contributed by atoms with Gasteiger partial charge in [0.25, 0.3) is 10.1 Å². The number of benzene rings is 1. The van der Waals surface area contributed by atoms with Gasteiger partial charge in [-0.2, -0.15) is 8.42 Å². The summed E-state index contributed by atoms with van der Waals surface area (Å²) in [6.45, 7) is 0.264. The number of thiophene rings is 1. The van der Waals surface area contributed by atoms with Crippen LogP contribution >= 0.6 is 11.3 Å². The van der Waals surface area contributed by atoms with Gasteiger partial charge in [-0.3, -0.25) is 4.55 Å². The van der Waals surface area contributed by atoms with E-state index < -0.39 is 10.1 Å². The molecular weight excluding hydrogens is 272 g/mol. The van der Waals surface area contributed by atoms with Gasteiger partial charge < -0.3 is 5.11 Å². The zero-order valence-electron chi connectivity index (χ0n) is 9.56. The molecule has 0 aliphatic rings. The highest BCUT2D eigenvalue weighted by Gasteiger charge is 2.05. The second-order valence-electron chi connectivity index (χ2n) is 3.34. The van der Waals surface area contributed by atoms with Crippen LogP contribution in [0.5, 0.6) is 0 Å². The summed E-state index contributed by atoms with van der Waals surface area (Å²) in [5.74, 6) is 0. The van der Waals surface area contributed by atoms with E-state index in [4.69, 9.17) is 9.66 Å². The van der Waals surface area contributed by atoms with Crippen molar-refractivity contribution in [3.63, 3.8) is 0 Å². The van der Waals surface area contributed by atoms with Gasteiger partial charge in [-0.25, -0.2) is 0 Å². The van der Waals surface area contributed by atoms with Crippen molar-refractivity contribution in [3.05, 3.63) is 52.7 Å². The summed E-state index contributed by atoms with van der Waals surface area (Å²) in [6, 6.07) is 11.4. The molecule has 0 fully saturated rings. The molecule has 2 N–H and O–H groups in total. The second kappa shape index (κ2) is 7.27. The van der Waals surface area contributed by atoms with Crippen LogP contribution in [0.15, 0.2) is 52.7 Å². The molecule has 0 unspecified atom stereocenters. The van der Waals surface area contributed by atoms with Gasteiger partial charge in [0.2, 0.25) is 0 Å². The Bertz CT molecular complexity index is 533. The summed E-state index contributed by atoms with van der Waals surface area (Å²) in [4.78, 5) is 1.18. The first kappa shape index (κ1) is 14.8. The molecule has 0 aliphatic heterocycles. The highest BCUT2D eigenvalue weighted by atomic mass is 32.2. The van der Waals surface area contributed by atoms with Crippen LogP contribution in [0.1, 0.15) is 4.88 Å². The fourth-order valence-corrected chi connectivity index (χ4v) is 2.36. The smallest absolute Gasteiger partial charge is 0.294 e. The molecule has 0 saturated carbocycles. The molecule has 1 aromatic carbocycles. The van der Waals surface area contributed by atoms with Crippen molar-refractivity contribution in [2.24, 2.45) is 0 Å². The van der Waals surface area contributed by atoms with Crippen LogP contribution in [-0.4, -0.2) is 24.7 Å². The van der Waals surface area contributed by atoms with Crippen LogP contribution in [0.25, 0.3) is 0 Å². The summed E-state index contributed by atoms with van der Waals surface area (Å²) in [7, 11) is -4.00. The number of aliphatic hydroxyl groups is 1. The van der Waals surface area contributed by atoms with Crippen LogP contribution in [0.4, 0.5) is 0 Å². The van der Waals surface area contributed by atoms with Crippen molar-refractivity contribution in [1.29, 1.82) is 0 Å². The third-order valence-electron chi connectivity index (χ3n) is 1.98. The first-order valence-corrected chi connectivity index (χ1v) is 7.52. The second-order valence-corrected chi connectivity index (χ2v) is 5.79. The van der Waals surface area contributed by atoms with E-state index in [1.165, 1.54) is 17.0 Å². The van der Waals surface area contributed by atoms with Crippen LogP contribution in [-0.2, 0) is 16.5 Å². The molecule has 1 heterocycles. The lowest BCUT2D eigenvalue weighted by Gasteiger charge is -1.92. The molecule has 0 aliphatic carbocycles. The molecule has 2 aromatic rings. The molecule has 2 rings (SSSR count). The predicted molar refractivity (Wildman–Crippen MR) is 71.4 cm³/mol. The van der Waals surface area contributed by atoms with E-state index in [-0.39, 0.29) is 11.5 Å². The molecule has 6 heteroatoms. The highest BCUT2D eigenvalue weighted by Crippen LogP contribution is 2.07. The summed E-state index contributed by atoms with van der Waals surface area (Å²) >= 11 is 1.69. The lowest BCUT2D eigenvalue weighted by molar-refractivity contribution is 0.300. The fourth-order valence-electron chi connectivity index (χ4n) is 1.16. The molecular formula is C12H14O4S2. The van der Waals surface area contributed by atoms with E-state index in [2.05, 4.69) is 0 Å². The van der Waals surface area contributed by atoms with Gasteiger partial charge in [0, 0.05) is 17.9 Å². The van der Waals surface area contributed by atoms with E-state index in [1.807, 2.05) is 17.5 Å². The lowest BCUT2D eigenvalue weighted by Crippen LogP contribution is -1.96. The van der Waals surface area contributed by atoms with E-state index in [1.54, 1.807) is 29.5 Å². The zero-order valence-corrected chi connectivity index (χ0v) is 11.2. The number of hydrogen-bond acceptors (Lipinski definition) is 4. The average Bonchev–Trinajstić information content (AvgIpc) is 2.83. The van der Waals surface area contributed by atoms with Crippen molar-refractivity contribution < 1.29 is 18.1 Å². The summed E-state index contributed by atoms with van der Waals surface area (Å²) < 4.78 is 29.2. The average molecular weight is 286 g/mol. The highest BCUT2D eigenvalue weighted by molar-refractivity contribution is 7.85. The maximum Gasteiger partial charge on any atom is 0.294 e. The van der Waals surface area contributed by atoms with Gasteiger partial charge in [0.05, 0.1) is 4.90 Å². The maximum absolute atomic E-state index is 10.4. The largest absolute Gasteiger partial charge is 0.396 e. The first-order chi connectivity index (χ1) is 8.54. The minimum absolute atomic E-state index is 0.0741. The molecule has 4 nitrogen and oxygen atoms in total. The standard InChI is InChI=1S/C6H6O3S.C6H8OS/c7-10(8,9)6-4-2-1-3-5-6;7-4-3-6-2-1-5-8-6/h1-5H,(H,7,8,9);1-2,5,7H,3-4H2. The zero-order chi connectivity index (χ0) is 13.4. The van der Waals surface area contributed by atoms with E-state index in [0.29, 0.717) is 0 Å². The SMILES string of the molecule is O=S(=O)(O)c1ccccc1.OCCc1cccs1.